The molecule has 1 fully saturated rings. The average molecular weight is 363 g/mol. The molecule has 0 bridgehead atoms. The Morgan fingerprint density at radius 1 is 1.00 bits per heavy atom. The monoisotopic (exact) mass is 363 g/mol. The fraction of sp³-hybridized carbons (Fsp3) is 0.350. The predicted molar refractivity (Wildman–Crippen MR) is 91.8 cm³/mol. The molecule has 1 saturated heterocycles. The highest BCUT2D eigenvalue weighted by atomic mass is 19.4. The zero-order valence-electron chi connectivity index (χ0n) is 14.1. The third kappa shape index (κ3) is 4.07. The van der Waals surface area contributed by atoms with Gasteiger partial charge in [-0.15, -0.1) is 0 Å². The maximum Gasteiger partial charge on any atom is 0.393 e. The number of carboxylic acid groups (broad SMARTS) is 1. The van der Waals surface area contributed by atoms with Gasteiger partial charge in [-0.1, -0.05) is 60.7 Å². The molecule has 3 nitrogen and oxygen atoms in total. The number of hydrogen-bond donors (Lipinski definition) is 1. The van der Waals surface area contributed by atoms with Crippen LogP contribution in [0.15, 0.2) is 60.7 Å². The molecular formula is C20H20F3NO2. The van der Waals surface area contributed by atoms with E-state index in [1.807, 2.05) is 60.7 Å². The molecule has 0 spiro atoms. The fourth-order valence-corrected chi connectivity index (χ4v) is 3.65. The first-order valence-electron chi connectivity index (χ1n) is 8.48. The quantitative estimate of drug-likeness (QED) is 0.873. The van der Waals surface area contributed by atoms with E-state index in [-0.39, 0.29) is 19.0 Å². The molecule has 0 saturated carbocycles. The van der Waals surface area contributed by atoms with Crippen molar-refractivity contribution < 1.29 is 23.1 Å². The third-order valence-electron chi connectivity index (χ3n) is 4.98. The Kier molecular flexibility index (Phi) is 5.32. The van der Waals surface area contributed by atoms with Gasteiger partial charge in [0.2, 0.25) is 0 Å². The number of rotatable bonds is 5. The van der Waals surface area contributed by atoms with Gasteiger partial charge in [-0.25, -0.2) is 0 Å². The largest absolute Gasteiger partial charge is 0.481 e. The molecule has 1 heterocycles. The van der Waals surface area contributed by atoms with Crippen molar-refractivity contribution in [2.45, 2.75) is 12.1 Å². The molecular weight excluding hydrogens is 343 g/mol. The standard InChI is InChI=1S/C20H20F3NO2/c21-20(22,23)18-13-24(12-17(18)19(25)26)11-16(14-7-3-1-4-8-14)15-9-5-2-6-10-15/h1-10,16-18H,11-13H2,(H,25,26)/t17-,18-/m1/s1. The van der Waals surface area contributed by atoms with Crippen molar-refractivity contribution in [1.29, 1.82) is 0 Å². The van der Waals surface area contributed by atoms with Crippen molar-refractivity contribution in [3.8, 4) is 0 Å². The zero-order valence-corrected chi connectivity index (χ0v) is 14.1. The predicted octanol–water partition coefficient (Wildman–Crippen LogP) is 4.01. The Labute approximate surface area is 150 Å². The third-order valence-corrected chi connectivity index (χ3v) is 4.98. The molecule has 2 aromatic rings. The number of likely N-dealkylation sites (tertiary alicyclic amines) is 1. The lowest BCUT2D eigenvalue weighted by molar-refractivity contribution is -0.188. The molecule has 0 aliphatic carbocycles. The topological polar surface area (TPSA) is 40.5 Å². The van der Waals surface area contributed by atoms with Gasteiger partial charge in [-0.05, 0) is 11.1 Å². The molecule has 138 valence electrons. The van der Waals surface area contributed by atoms with Crippen LogP contribution in [0.4, 0.5) is 13.2 Å². The summed E-state index contributed by atoms with van der Waals surface area (Å²) in [5.74, 6) is -4.74. The SMILES string of the molecule is O=C(O)[C@@H]1CN(CC(c2ccccc2)c2ccccc2)C[C@H]1C(F)(F)F. The summed E-state index contributed by atoms with van der Waals surface area (Å²) >= 11 is 0. The van der Waals surface area contributed by atoms with Crippen molar-refractivity contribution in [2.75, 3.05) is 19.6 Å². The van der Waals surface area contributed by atoms with Gasteiger partial charge in [0, 0.05) is 25.6 Å². The molecule has 3 rings (SSSR count). The van der Waals surface area contributed by atoms with Gasteiger partial charge >= 0.3 is 12.1 Å². The second-order valence-corrected chi connectivity index (χ2v) is 6.69. The van der Waals surface area contributed by atoms with Crippen LogP contribution in [-0.2, 0) is 4.79 Å². The highest BCUT2D eigenvalue weighted by molar-refractivity contribution is 5.71. The van der Waals surface area contributed by atoms with Crippen LogP contribution in [-0.4, -0.2) is 41.8 Å². The van der Waals surface area contributed by atoms with Crippen LogP contribution < -0.4 is 0 Å². The lowest BCUT2D eigenvalue weighted by atomic mass is 9.91. The van der Waals surface area contributed by atoms with E-state index in [2.05, 4.69) is 0 Å². The van der Waals surface area contributed by atoms with Gasteiger partial charge in [0.25, 0.3) is 0 Å². The van der Waals surface area contributed by atoms with Crippen molar-refractivity contribution in [1.82, 2.24) is 4.90 Å². The minimum absolute atomic E-state index is 0.0876. The number of hydrogen-bond acceptors (Lipinski definition) is 2. The van der Waals surface area contributed by atoms with Gasteiger partial charge in [0.05, 0.1) is 11.8 Å². The summed E-state index contributed by atoms with van der Waals surface area (Å²) in [5, 5.41) is 9.21. The van der Waals surface area contributed by atoms with E-state index in [1.165, 1.54) is 0 Å². The summed E-state index contributed by atoms with van der Waals surface area (Å²) in [6.07, 6.45) is -4.51. The molecule has 0 unspecified atom stereocenters. The number of carbonyl (C=O) groups is 1. The summed E-state index contributed by atoms with van der Waals surface area (Å²) in [6, 6.07) is 19.2. The maximum absolute atomic E-state index is 13.2. The summed E-state index contributed by atoms with van der Waals surface area (Å²) in [6.45, 7) is -0.0172. The average Bonchev–Trinajstić information content (AvgIpc) is 3.06. The molecule has 1 N–H and O–H groups in total. The molecule has 1 aliphatic rings. The molecule has 2 aromatic carbocycles. The van der Waals surface area contributed by atoms with Crippen LogP contribution in [0.1, 0.15) is 17.0 Å². The highest BCUT2D eigenvalue weighted by Crippen LogP contribution is 2.39. The number of aliphatic carboxylic acids is 1. The molecule has 0 aromatic heterocycles. The lowest BCUT2D eigenvalue weighted by Crippen LogP contribution is -2.33. The number of nitrogens with zero attached hydrogens (tertiary/aromatic N) is 1. The number of alkyl halides is 3. The Morgan fingerprint density at radius 3 is 1.88 bits per heavy atom. The van der Waals surface area contributed by atoms with Crippen LogP contribution in [0.5, 0.6) is 0 Å². The Bertz CT molecular complexity index is 694. The summed E-state index contributed by atoms with van der Waals surface area (Å²) < 4.78 is 39.7. The van der Waals surface area contributed by atoms with Gasteiger partial charge in [-0.3, -0.25) is 4.79 Å². The number of halogens is 3. The Morgan fingerprint density at radius 2 is 1.50 bits per heavy atom. The molecule has 2 atom stereocenters. The van der Waals surface area contributed by atoms with E-state index < -0.39 is 24.0 Å². The first kappa shape index (κ1) is 18.5. The highest BCUT2D eigenvalue weighted by Gasteiger charge is 2.52. The minimum Gasteiger partial charge on any atom is -0.481 e. The van der Waals surface area contributed by atoms with E-state index in [1.54, 1.807) is 4.90 Å². The van der Waals surface area contributed by atoms with Gasteiger partial charge in [0.1, 0.15) is 0 Å². The van der Waals surface area contributed by atoms with Crippen LogP contribution in [0, 0.1) is 11.8 Å². The van der Waals surface area contributed by atoms with Crippen molar-refractivity contribution in [3.05, 3.63) is 71.8 Å². The van der Waals surface area contributed by atoms with Gasteiger partial charge < -0.3 is 10.0 Å². The first-order valence-corrected chi connectivity index (χ1v) is 8.48. The van der Waals surface area contributed by atoms with Crippen molar-refractivity contribution >= 4 is 5.97 Å². The molecule has 6 heteroatoms. The summed E-state index contributed by atoms with van der Waals surface area (Å²) in [7, 11) is 0. The molecule has 1 aliphatic heterocycles. The first-order chi connectivity index (χ1) is 12.4. The normalized spacial score (nSPS) is 21.2. The zero-order chi connectivity index (χ0) is 18.7. The minimum atomic E-state index is -4.51. The van der Waals surface area contributed by atoms with E-state index in [9.17, 15) is 23.1 Å². The van der Waals surface area contributed by atoms with E-state index >= 15 is 0 Å². The van der Waals surface area contributed by atoms with E-state index in [4.69, 9.17) is 0 Å². The Balaban J connectivity index is 1.85. The second kappa shape index (κ2) is 7.50. The second-order valence-electron chi connectivity index (χ2n) is 6.69. The van der Waals surface area contributed by atoms with Gasteiger partial charge in [0.15, 0.2) is 0 Å². The Hall–Kier alpha value is -2.34. The lowest BCUT2D eigenvalue weighted by Gasteiger charge is -2.25. The summed E-state index contributed by atoms with van der Waals surface area (Å²) in [5.41, 5.74) is 2.00. The molecule has 0 radical (unpaired) electrons. The van der Waals surface area contributed by atoms with E-state index in [0.717, 1.165) is 11.1 Å². The van der Waals surface area contributed by atoms with Crippen molar-refractivity contribution in [2.24, 2.45) is 11.8 Å². The summed E-state index contributed by atoms with van der Waals surface area (Å²) in [4.78, 5) is 12.9. The smallest absolute Gasteiger partial charge is 0.393 e. The molecule has 26 heavy (non-hydrogen) atoms. The number of carboxylic acids is 1. The van der Waals surface area contributed by atoms with Crippen LogP contribution in [0.3, 0.4) is 0 Å². The van der Waals surface area contributed by atoms with Crippen LogP contribution in [0.25, 0.3) is 0 Å². The maximum atomic E-state index is 13.2. The van der Waals surface area contributed by atoms with E-state index in [0.29, 0.717) is 6.54 Å². The van der Waals surface area contributed by atoms with Crippen LogP contribution >= 0.6 is 0 Å². The van der Waals surface area contributed by atoms with Crippen LogP contribution in [0.2, 0.25) is 0 Å². The van der Waals surface area contributed by atoms with Gasteiger partial charge in [-0.2, -0.15) is 13.2 Å². The number of benzene rings is 2. The molecule has 0 amide bonds. The fourth-order valence-electron chi connectivity index (χ4n) is 3.65. The van der Waals surface area contributed by atoms with Crippen molar-refractivity contribution in [3.63, 3.8) is 0 Å².